The van der Waals surface area contributed by atoms with Gasteiger partial charge in [-0.1, -0.05) is 0 Å². The molecule has 0 aromatic heterocycles. The summed E-state index contributed by atoms with van der Waals surface area (Å²) in [5.74, 6) is 0. The minimum absolute atomic E-state index is 0.203. The number of hydrogen-bond donors (Lipinski definition) is 0. The van der Waals surface area contributed by atoms with Gasteiger partial charge in [0.15, 0.2) is 0 Å². The molecule has 2 heteroatoms. The highest BCUT2D eigenvalue weighted by Crippen LogP contribution is 2.57. The van der Waals surface area contributed by atoms with Crippen LogP contribution in [0.1, 0.15) is 38.5 Å². The van der Waals surface area contributed by atoms with E-state index in [1.54, 1.807) is 0 Å². The molecule has 3 fully saturated rings. The summed E-state index contributed by atoms with van der Waals surface area (Å²) < 4.78 is 0. The van der Waals surface area contributed by atoms with Gasteiger partial charge < -0.3 is 0 Å². The summed E-state index contributed by atoms with van der Waals surface area (Å²) in [7, 11) is 3.85. The number of alkyl halides is 1. The Hall–Kier alpha value is 0.507. The lowest BCUT2D eigenvalue weighted by Gasteiger charge is -2.48. The molecule has 0 heterocycles. The molecule has 0 amide bonds. The Kier molecular flexibility index (Phi) is 1.44. The molecular formula is C8H12ClSi. The molecule has 0 unspecified atom stereocenters. The zero-order valence-corrected chi connectivity index (χ0v) is 7.88. The van der Waals surface area contributed by atoms with E-state index in [1.807, 2.05) is 0 Å². The third-order valence-electron chi connectivity index (χ3n) is 3.15. The van der Waals surface area contributed by atoms with E-state index in [1.165, 1.54) is 38.5 Å². The van der Waals surface area contributed by atoms with Crippen molar-refractivity contribution < 1.29 is 0 Å². The second-order valence-corrected chi connectivity index (χ2v) is 5.79. The van der Waals surface area contributed by atoms with Crippen LogP contribution in [0.2, 0.25) is 5.04 Å². The van der Waals surface area contributed by atoms with Crippen molar-refractivity contribution in [3.05, 3.63) is 0 Å². The molecule has 0 N–H and O–H groups in total. The lowest BCUT2D eigenvalue weighted by atomic mass is 9.69. The van der Waals surface area contributed by atoms with Gasteiger partial charge in [-0.3, -0.25) is 0 Å². The fourth-order valence-corrected chi connectivity index (χ4v) is 2.80. The molecule has 0 aromatic rings. The van der Waals surface area contributed by atoms with Crippen LogP contribution in [0.4, 0.5) is 0 Å². The molecule has 0 aromatic carbocycles. The first-order valence-corrected chi connectivity index (χ1v) is 4.94. The largest absolute Gasteiger partial charge is 0.119 e. The molecule has 0 saturated heterocycles. The Labute approximate surface area is 70.8 Å². The SMILES string of the molecule is [Si]C12CCC(Cl)(CC1)CC2. The Morgan fingerprint density at radius 2 is 1.30 bits per heavy atom. The minimum atomic E-state index is 0.203. The highest BCUT2D eigenvalue weighted by molar-refractivity contribution is 6.25. The fraction of sp³-hybridized carbons (Fsp3) is 1.00. The molecule has 0 spiro atoms. The van der Waals surface area contributed by atoms with E-state index in [0.717, 1.165) is 0 Å². The van der Waals surface area contributed by atoms with E-state index < -0.39 is 0 Å². The smallest absolute Gasteiger partial charge is 0.0447 e. The van der Waals surface area contributed by atoms with Crippen molar-refractivity contribution >= 4 is 21.8 Å². The predicted molar refractivity (Wildman–Crippen MR) is 44.7 cm³/mol. The summed E-state index contributed by atoms with van der Waals surface area (Å²) >= 11 is 6.34. The minimum Gasteiger partial charge on any atom is -0.119 e. The van der Waals surface area contributed by atoms with Crippen LogP contribution in [-0.4, -0.2) is 15.1 Å². The Morgan fingerprint density at radius 3 is 1.60 bits per heavy atom. The molecule has 3 aliphatic rings. The van der Waals surface area contributed by atoms with Gasteiger partial charge >= 0.3 is 0 Å². The van der Waals surface area contributed by atoms with Crippen LogP contribution in [0.3, 0.4) is 0 Å². The Balaban J connectivity index is 2.16. The third kappa shape index (κ3) is 1.04. The summed E-state index contributed by atoms with van der Waals surface area (Å²) in [5, 5.41) is 0.483. The second kappa shape index (κ2) is 2.01. The highest BCUT2D eigenvalue weighted by atomic mass is 35.5. The highest BCUT2D eigenvalue weighted by Gasteiger charge is 2.44. The van der Waals surface area contributed by atoms with Gasteiger partial charge in [0.25, 0.3) is 0 Å². The van der Waals surface area contributed by atoms with E-state index in [2.05, 4.69) is 10.2 Å². The standard InChI is InChI=1S/C8H12ClSi/c9-7-1-4-8(10,5-2-7)6-3-7/h1-6H2. The Morgan fingerprint density at radius 1 is 0.900 bits per heavy atom. The summed E-state index contributed by atoms with van der Waals surface area (Å²) in [6, 6.07) is 0. The molecule has 3 saturated carbocycles. The maximum atomic E-state index is 6.34. The van der Waals surface area contributed by atoms with Crippen LogP contribution >= 0.6 is 11.6 Å². The summed E-state index contributed by atoms with van der Waals surface area (Å²) in [6.45, 7) is 0. The number of hydrogen-bond acceptors (Lipinski definition) is 0. The molecule has 3 radical (unpaired) electrons. The van der Waals surface area contributed by atoms with Crippen molar-refractivity contribution in [3.63, 3.8) is 0 Å². The van der Waals surface area contributed by atoms with Crippen molar-refractivity contribution in [1.29, 1.82) is 0 Å². The van der Waals surface area contributed by atoms with Crippen LogP contribution in [0.15, 0.2) is 0 Å². The number of halogens is 1. The molecule has 55 valence electrons. The summed E-state index contributed by atoms with van der Waals surface area (Å²) in [5.41, 5.74) is 0. The molecule has 2 bridgehead atoms. The fourth-order valence-electron chi connectivity index (χ4n) is 2.14. The lowest BCUT2D eigenvalue weighted by Crippen LogP contribution is -2.38. The van der Waals surface area contributed by atoms with Gasteiger partial charge in [0.2, 0.25) is 0 Å². The van der Waals surface area contributed by atoms with E-state index in [0.29, 0.717) is 5.04 Å². The maximum absolute atomic E-state index is 6.34. The zero-order valence-electron chi connectivity index (χ0n) is 6.12. The van der Waals surface area contributed by atoms with Crippen LogP contribution < -0.4 is 0 Å². The van der Waals surface area contributed by atoms with Crippen LogP contribution in [0, 0.1) is 0 Å². The summed E-state index contributed by atoms with van der Waals surface area (Å²) in [6.07, 6.45) is 7.52. The number of rotatable bonds is 0. The van der Waals surface area contributed by atoms with E-state index >= 15 is 0 Å². The molecule has 3 aliphatic carbocycles. The molecule has 0 atom stereocenters. The van der Waals surface area contributed by atoms with Gasteiger partial charge in [0.1, 0.15) is 0 Å². The lowest BCUT2D eigenvalue weighted by molar-refractivity contribution is 0.212. The van der Waals surface area contributed by atoms with Gasteiger partial charge in [0, 0.05) is 15.1 Å². The molecule has 0 aliphatic heterocycles. The van der Waals surface area contributed by atoms with Gasteiger partial charge in [-0.2, -0.15) is 0 Å². The molecule has 0 nitrogen and oxygen atoms in total. The first kappa shape index (κ1) is 7.17. The first-order valence-electron chi connectivity index (χ1n) is 4.06. The second-order valence-electron chi connectivity index (χ2n) is 3.93. The third-order valence-corrected chi connectivity index (χ3v) is 4.47. The van der Waals surface area contributed by atoms with Gasteiger partial charge in [-0.05, 0) is 43.6 Å². The maximum Gasteiger partial charge on any atom is 0.0447 e. The van der Waals surface area contributed by atoms with E-state index in [-0.39, 0.29) is 4.87 Å². The van der Waals surface area contributed by atoms with Crippen LogP contribution in [-0.2, 0) is 0 Å². The van der Waals surface area contributed by atoms with Crippen molar-refractivity contribution in [3.8, 4) is 0 Å². The average molecular weight is 172 g/mol. The molecule has 10 heavy (non-hydrogen) atoms. The Bertz CT molecular complexity index is 113. The molecular weight excluding hydrogens is 160 g/mol. The molecule has 3 rings (SSSR count). The zero-order chi connectivity index (χ0) is 7.24. The van der Waals surface area contributed by atoms with Crippen molar-refractivity contribution in [2.45, 2.75) is 48.4 Å². The van der Waals surface area contributed by atoms with Crippen molar-refractivity contribution in [2.24, 2.45) is 0 Å². The van der Waals surface area contributed by atoms with Crippen LogP contribution in [0.5, 0.6) is 0 Å². The monoisotopic (exact) mass is 171 g/mol. The van der Waals surface area contributed by atoms with Crippen molar-refractivity contribution in [2.75, 3.05) is 0 Å². The topological polar surface area (TPSA) is 0 Å². The quantitative estimate of drug-likeness (QED) is 0.389. The summed E-state index contributed by atoms with van der Waals surface area (Å²) in [4.78, 5) is 0.203. The number of fused-ring (bicyclic) bond motifs is 3. The predicted octanol–water partition coefficient (Wildman–Crippen LogP) is 2.66. The van der Waals surface area contributed by atoms with Gasteiger partial charge in [0.05, 0.1) is 0 Å². The average Bonchev–Trinajstić information content (AvgIpc) is 1.93. The van der Waals surface area contributed by atoms with Crippen molar-refractivity contribution in [1.82, 2.24) is 0 Å². The van der Waals surface area contributed by atoms with Gasteiger partial charge in [-0.25, -0.2) is 0 Å². The first-order chi connectivity index (χ1) is 4.62. The van der Waals surface area contributed by atoms with E-state index in [9.17, 15) is 0 Å². The van der Waals surface area contributed by atoms with E-state index in [4.69, 9.17) is 11.6 Å². The normalized spacial score (nSPS) is 53.4. The van der Waals surface area contributed by atoms with Crippen LogP contribution in [0.25, 0.3) is 0 Å². The van der Waals surface area contributed by atoms with Gasteiger partial charge in [-0.15, -0.1) is 11.6 Å².